The molecule has 0 atom stereocenters. The highest BCUT2D eigenvalue weighted by molar-refractivity contribution is 9.09. The number of carboxylic acid groups (broad SMARTS) is 1. The predicted molar refractivity (Wildman–Crippen MR) is 55.4 cm³/mol. The molecular formula is C9H15BrO4. The van der Waals surface area contributed by atoms with Crippen molar-refractivity contribution in [3.8, 4) is 0 Å². The first kappa shape index (κ1) is 13.4. The molecule has 0 fully saturated rings. The fourth-order valence-electron chi connectivity index (χ4n) is 1.20. The summed E-state index contributed by atoms with van der Waals surface area (Å²) in [7, 11) is 0. The van der Waals surface area contributed by atoms with E-state index < -0.39 is 17.4 Å². The van der Waals surface area contributed by atoms with Crippen LogP contribution in [0.4, 0.5) is 0 Å². The Labute approximate surface area is 91.8 Å². The zero-order valence-electron chi connectivity index (χ0n) is 8.38. The Morgan fingerprint density at radius 1 is 1.36 bits per heavy atom. The molecule has 4 nitrogen and oxygen atoms in total. The molecule has 0 heterocycles. The van der Waals surface area contributed by atoms with E-state index in [1.807, 2.05) is 0 Å². The molecular weight excluding hydrogens is 252 g/mol. The van der Waals surface area contributed by atoms with Crippen LogP contribution in [0.1, 0.15) is 26.7 Å². The maximum Gasteiger partial charge on any atom is 0.323 e. The number of esters is 1. The van der Waals surface area contributed by atoms with E-state index in [4.69, 9.17) is 9.84 Å². The van der Waals surface area contributed by atoms with E-state index in [-0.39, 0.29) is 19.4 Å². The smallest absolute Gasteiger partial charge is 0.323 e. The zero-order chi connectivity index (χ0) is 11.2. The van der Waals surface area contributed by atoms with E-state index in [0.29, 0.717) is 5.33 Å². The molecule has 0 aliphatic rings. The van der Waals surface area contributed by atoms with Crippen molar-refractivity contribution in [2.45, 2.75) is 26.7 Å². The van der Waals surface area contributed by atoms with Gasteiger partial charge in [-0.25, -0.2) is 0 Å². The summed E-state index contributed by atoms with van der Waals surface area (Å²) in [6, 6.07) is 0. The van der Waals surface area contributed by atoms with Crippen LogP contribution in [0.15, 0.2) is 0 Å². The summed E-state index contributed by atoms with van der Waals surface area (Å²) in [5, 5.41) is 9.50. The molecule has 82 valence electrons. The van der Waals surface area contributed by atoms with E-state index in [1.165, 1.54) is 0 Å². The molecule has 0 spiro atoms. The molecule has 1 N–H and O–H groups in total. The van der Waals surface area contributed by atoms with Crippen LogP contribution in [0.25, 0.3) is 0 Å². The average Bonchev–Trinajstić information content (AvgIpc) is 2.17. The molecule has 14 heavy (non-hydrogen) atoms. The quantitative estimate of drug-likeness (QED) is 0.453. The Kier molecular flexibility index (Phi) is 5.76. The third-order valence-corrected chi connectivity index (χ3v) is 2.64. The zero-order valence-corrected chi connectivity index (χ0v) is 9.96. The van der Waals surface area contributed by atoms with Crippen LogP contribution in [0.5, 0.6) is 0 Å². The molecule has 0 aliphatic carbocycles. The van der Waals surface area contributed by atoms with Crippen molar-refractivity contribution in [1.29, 1.82) is 0 Å². The molecule has 0 bridgehead atoms. The number of carboxylic acids is 1. The van der Waals surface area contributed by atoms with Gasteiger partial charge in [0.1, 0.15) is 6.61 Å². The summed E-state index contributed by atoms with van der Waals surface area (Å²) in [6.07, 6.45) is 0.500. The summed E-state index contributed by atoms with van der Waals surface area (Å²) < 4.78 is 4.83. The molecule has 5 heteroatoms. The molecule has 0 saturated heterocycles. The van der Waals surface area contributed by atoms with Gasteiger partial charge in [0.05, 0.1) is 0 Å². The molecule has 0 aromatic rings. The fraction of sp³-hybridized carbons (Fsp3) is 0.778. The van der Waals surface area contributed by atoms with Crippen LogP contribution in [0, 0.1) is 5.41 Å². The molecule has 0 unspecified atom stereocenters. The van der Waals surface area contributed by atoms with Gasteiger partial charge >= 0.3 is 11.9 Å². The van der Waals surface area contributed by atoms with Crippen LogP contribution >= 0.6 is 15.9 Å². The van der Waals surface area contributed by atoms with Gasteiger partial charge in [-0.2, -0.15) is 0 Å². The van der Waals surface area contributed by atoms with Gasteiger partial charge in [-0.05, 0) is 12.8 Å². The Morgan fingerprint density at radius 2 is 1.86 bits per heavy atom. The molecule has 0 aliphatic heterocycles. The number of ether oxygens (including phenoxy) is 1. The predicted octanol–water partition coefficient (Wildman–Crippen LogP) is 1.82. The van der Waals surface area contributed by atoms with E-state index >= 15 is 0 Å². The Bertz CT molecular complexity index is 211. The monoisotopic (exact) mass is 266 g/mol. The van der Waals surface area contributed by atoms with Gasteiger partial charge < -0.3 is 9.84 Å². The SMILES string of the molecule is CCC(CC)(C(=O)O)C(=O)OCCBr. The first-order valence-corrected chi connectivity index (χ1v) is 5.63. The molecule has 0 saturated carbocycles. The highest BCUT2D eigenvalue weighted by Crippen LogP contribution is 2.28. The number of hydrogen-bond donors (Lipinski definition) is 1. The molecule has 0 aromatic heterocycles. The molecule has 0 aromatic carbocycles. The first-order valence-electron chi connectivity index (χ1n) is 4.51. The van der Waals surface area contributed by atoms with Crippen LogP contribution in [0.2, 0.25) is 0 Å². The average molecular weight is 267 g/mol. The number of carbonyl (C=O) groups is 2. The lowest BCUT2D eigenvalue weighted by atomic mass is 9.82. The van der Waals surface area contributed by atoms with Crippen LogP contribution in [-0.4, -0.2) is 29.0 Å². The van der Waals surface area contributed by atoms with Crippen LogP contribution < -0.4 is 0 Å². The van der Waals surface area contributed by atoms with Gasteiger partial charge in [0.15, 0.2) is 5.41 Å². The minimum Gasteiger partial charge on any atom is -0.480 e. The minimum absolute atomic E-state index is 0.202. The van der Waals surface area contributed by atoms with Crippen molar-refractivity contribution >= 4 is 27.9 Å². The van der Waals surface area contributed by atoms with Gasteiger partial charge in [0.2, 0.25) is 0 Å². The molecule has 0 rings (SSSR count). The maximum atomic E-state index is 11.5. The largest absolute Gasteiger partial charge is 0.480 e. The van der Waals surface area contributed by atoms with Gasteiger partial charge in [0, 0.05) is 5.33 Å². The van der Waals surface area contributed by atoms with Crippen LogP contribution in [-0.2, 0) is 14.3 Å². The summed E-state index contributed by atoms with van der Waals surface area (Å²) in [5.41, 5.74) is -1.37. The second-order valence-electron chi connectivity index (χ2n) is 2.92. The third-order valence-electron chi connectivity index (χ3n) is 2.32. The van der Waals surface area contributed by atoms with Crippen molar-refractivity contribution in [3.05, 3.63) is 0 Å². The number of alkyl halides is 1. The van der Waals surface area contributed by atoms with Crippen molar-refractivity contribution < 1.29 is 19.4 Å². The maximum absolute atomic E-state index is 11.5. The topological polar surface area (TPSA) is 63.6 Å². The lowest BCUT2D eigenvalue weighted by molar-refractivity contribution is -0.169. The number of aliphatic carboxylic acids is 1. The first-order chi connectivity index (χ1) is 6.55. The van der Waals surface area contributed by atoms with E-state index in [1.54, 1.807) is 13.8 Å². The minimum atomic E-state index is -1.37. The summed E-state index contributed by atoms with van der Waals surface area (Å²) in [4.78, 5) is 22.5. The Balaban J connectivity index is 4.63. The summed E-state index contributed by atoms with van der Waals surface area (Å²) in [6.45, 7) is 3.55. The normalized spacial score (nSPS) is 11.1. The highest BCUT2D eigenvalue weighted by atomic mass is 79.9. The van der Waals surface area contributed by atoms with Crippen molar-refractivity contribution in [3.63, 3.8) is 0 Å². The second kappa shape index (κ2) is 6.01. The van der Waals surface area contributed by atoms with Gasteiger partial charge in [-0.1, -0.05) is 29.8 Å². The summed E-state index contributed by atoms with van der Waals surface area (Å²) in [5.74, 6) is -1.75. The second-order valence-corrected chi connectivity index (χ2v) is 3.71. The lowest BCUT2D eigenvalue weighted by Gasteiger charge is -2.23. The van der Waals surface area contributed by atoms with Crippen molar-refractivity contribution in [1.82, 2.24) is 0 Å². The number of carbonyl (C=O) groups excluding carboxylic acids is 1. The molecule has 0 radical (unpaired) electrons. The van der Waals surface area contributed by atoms with Crippen LogP contribution in [0.3, 0.4) is 0 Å². The van der Waals surface area contributed by atoms with E-state index in [0.717, 1.165) is 0 Å². The van der Waals surface area contributed by atoms with Gasteiger partial charge in [-0.15, -0.1) is 0 Å². The fourth-order valence-corrected chi connectivity index (χ4v) is 1.36. The van der Waals surface area contributed by atoms with Crippen molar-refractivity contribution in [2.75, 3.05) is 11.9 Å². The van der Waals surface area contributed by atoms with Gasteiger partial charge in [0.25, 0.3) is 0 Å². The van der Waals surface area contributed by atoms with E-state index in [2.05, 4.69) is 15.9 Å². The standard InChI is InChI=1S/C9H15BrO4/c1-3-9(4-2,7(11)12)8(13)14-6-5-10/h3-6H2,1-2H3,(H,11,12). The highest BCUT2D eigenvalue weighted by Gasteiger charge is 2.44. The lowest BCUT2D eigenvalue weighted by Crippen LogP contribution is -2.39. The Hall–Kier alpha value is -0.580. The van der Waals surface area contributed by atoms with Gasteiger partial charge in [-0.3, -0.25) is 9.59 Å². The Morgan fingerprint density at radius 3 is 2.14 bits per heavy atom. The summed E-state index contributed by atoms with van der Waals surface area (Å²) >= 11 is 3.10. The molecule has 0 amide bonds. The number of halogens is 1. The third kappa shape index (κ3) is 2.70. The van der Waals surface area contributed by atoms with E-state index in [9.17, 15) is 9.59 Å². The number of hydrogen-bond acceptors (Lipinski definition) is 3. The van der Waals surface area contributed by atoms with Crippen molar-refractivity contribution in [2.24, 2.45) is 5.41 Å². The number of rotatable bonds is 6.